The van der Waals surface area contributed by atoms with Crippen LogP contribution >= 0.6 is 0 Å². The first-order chi connectivity index (χ1) is 15.4. The smallest absolute Gasteiger partial charge is 0.243 e. The van der Waals surface area contributed by atoms with Crippen LogP contribution < -0.4 is 0 Å². The van der Waals surface area contributed by atoms with Crippen molar-refractivity contribution in [2.45, 2.75) is 18.7 Å². The molecule has 7 nitrogen and oxygen atoms in total. The lowest BCUT2D eigenvalue weighted by Gasteiger charge is -2.26. The van der Waals surface area contributed by atoms with Crippen molar-refractivity contribution < 1.29 is 17.9 Å². The number of para-hydroxylation sites is 1. The number of carbonyl (C=O) groups excluding carboxylic acids is 1. The van der Waals surface area contributed by atoms with Gasteiger partial charge in [0, 0.05) is 29.9 Å². The number of morpholine rings is 1. The second kappa shape index (κ2) is 9.20. The van der Waals surface area contributed by atoms with Crippen LogP contribution in [0.15, 0.2) is 65.6 Å². The van der Waals surface area contributed by atoms with Crippen LogP contribution in [0.4, 0.5) is 0 Å². The summed E-state index contributed by atoms with van der Waals surface area (Å²) in [6, 6.07) is 15.9. The number of benzene rings is 2. The zero-order valence-corrected chi connectivity index (χ0v) is 18.9. The van der Waals surface area contributed by atoms with Crippen molar-refractivity contribution in [1.82, 2.24) is 14.1 Å². The van der Waals surface area contributed by atoms with Crippen molar-refractivity contribution in [2.24, 2.45) is 0 Å². The van der Waals surface area contributed by atoms with Crippen molar-refractivity contribution in [3.63, 3.8) is 0 Å². The lowest BCUT2D eigenvalue weighted by atomic mass is 10.1. The monoisotopic (exact) mass is 451 g/mol. The summed E-state index contributed by atoms with van der Waals surface area (Å²) in [6.45, 7) is 5.31. The van der Waals surface area contributed by atoms with Crippen molar-refractivity contribution in [3.8, 4) is 5.69 Å². The number of nitrogens with zero attached hydrogens (tertiary/aromatic N) is 3. The number of aromatic nitrogens is 2. The molecule has 1 saturated heterocycles. The van der Waals surface area contributed by atoms with E-state index in [-0.39, 0.29) is 10.7 Å². The molecule has 8 heteroatoms. The number of rotatable bonds is 6. The van der Waals surface area contributed by atoms with Gasteiger partial charge in [0.2, 0.25) is 10.0 Å². The number of hydrogen-bond donors (Lipinski definition) is 0. The number of ether oxygens (including phenoxy) is 1. The maximum Gasteiger partial charge on any atom is 0.243 e. The van der Waals surface area contributed by atoms with E-state index in [1.165, 1.54) is 22.5 Å². The standard InChI is InChI=1S/C24H25N3O4S/c1-18-23(19(2)27(25-18)21-6-4-3-5-7-21)12-13-24(28)20-8-10-22(11-9-20)32(29,30)26-14-16-31-17-15-26/h3-13H,14-17H2,1-2H3/b13-12+. The van der Waals surface area contributed by atoms with Gasteiger partial charge in [0.25, 0.3) is 0 Å². The van der Waals surface area contributed by atoms with Gasteiger partial charge in [0.15, 0.2) is 5.78 Å². The van der Waals surface area contributed by atoms with Gasteiger partial charge >= 0.3 is 0 Å². The van der Waals surface area contributed by atoms with Crippen LogP contribution in [-0.2, 0) is 14.8 Å². The van der Waals surface area contributed by atoms with E-state index in [0.717, 1.165) is 22.6 Å². The zero-order valence-electron chi connectivity index (χ0n) is 18.1. The molecule has 0 aliphatic carbocycles. The fourth-order valence-corrected chi connectivity index (χ4v) is 5.11. The number of sulfonamides is 1. The molecule has 0 saturated carbocycles. The van der Waals surface area contributed by atoms with Gasteiger partial charge < -0.3 is 4.74 Å². The fraction of sp³-hybridized carbons (Fsp3) is 0.250. The van der Waals surface area contributed by atoms with Crippen LogP contribution in [0.25, 0.3) is 11.8 Å². The van der Waals surface area contributed by atoms with Gasteiger partial charge in [0.1, 0.15) is 0 Å². The van der Waals surface area contributed by atoms with E-state index < -0.39 is 10.0 Å². The number of hydrogen-bond acceptors (Lipinski definition) is 5. The molecule has 0 unspecified atom stereocenters. The topological polar surface area (TPSA) is 81.5 Å². The van der Waals surface area contributed by atoms with Crippen LogP contribution in [0.5, 0.6) is 0 Å². The predicted molar refractivity (Wildman–Crippen MR) is 122 cm³/mol. The third kappa shape index (κ3) is 4.43. The molecule has 1 aliphatic heterocycles. The van der Waals surface area contributed by atoms with E-state index >= 15 is 0 Å². The Kier molecular flexibility index (Phi) is 6.36. The van der Waals surface area contributed by atoms with Crippen LogP contribution in [-0.4, -0.2) is 54.6 Å². The molecule has 2 heterocycles. The van der Waals surface area contributed by atoms with Gasteiger partial charge in [-0.3, -0.25) is 4.79 Å². The fourth-order valence-electron chi connectivity index (χ4n) is 3.70. The van der Waals surface area contributed by atoms with E-state index in [0.29, 0.717) is 31.9 Å². The lowest BCUT2D eigenvalue weighted by molar-refractivity contribution is 0.0730. The van der Waals surface area contributed by atoms with Crippen LogP contribution in [0, 0.1) is 13.8 Å². The van der Waals surface area contributed by atoms with E-state index in [1.54, 1.807) is 18.2 Å². The Bertz CT molecular complexity index is 1240. The van der Waals surface area contributed by atoms with Gasteiger partial charge in [-0.25, -0.2) is 13.1 Å². The number of allylic oxidation sites excluding steroid dienone is 1. The quantitative estimate of drug-likeness (QED) is 0.424. The molecule has 32 heavy (non-hydrogen) atoms. The normalized spacial score (nSPS) is 15.3. The molecule has 166 valence electrons. The maximum absolute atomic E-state index is 12.7. The highest BCUT2D eigenvalue weighted by molar-refractivity contribution is 7.89. The summed E-state index contributed by atoms with van der Waals surface area (Å²) in [5.41, 5.74) is 4.02. The number of ketones is 1. The summed E-state index contributed by atoms with van der Waals surface area (Å²) < 4.78 is 34.0. The summed E-state index contributed by atoms with van der Waals surface area (Å²) in [5, 5.41) is 4.59. The van der Waals surface area contributed by atoms with E-state index in [9.17, 15) is 13.2 Å². The minimum Gasteiger partial charge on any atom is -0.379 e. The summed E-state index contributed by atoms with van der Waals surface area (Å²) in [5.74, 6) is -0.202. The summed E-state index contributed by atoms with van der Waals surface area (Å²) in [4.78, 5) is 12.9. The average Bonchev–Trinajstić information content (AvgIpc) is 3.12. The largest absolute Gasteiger partial charge is 0.379 e. The van der Waals surface area contributed by atoms with Crippen molar-refractivity contribution in [3.05, 3.63) is 83.2 Å². The molecule has 0 spiro atoms. The highest BCUT2D eigenvalue weighted by atomic mass is 32.2. The van der Waals surface area contributed by atoms with Crippen molar-refractivity contribution in [1.29, 1.82) is 0 Å². The highest BCUT2D eigenvalue weighted by Crippen LogP contribution is 2.21. The van der Waals surface area contributed by atoms with E-state index in [4.69, 9.17) is 4.74 Å². The molecule has 0 amide bonds. The molecule has 0 N–H and O–H groups in total. The number of carbonyl (C=O) groups is 1. The zero-order chi connectivity index (χ0) is 22.7. The SMILES string of the molecule is Cc1nn(-c2ccccc2)c(C)c1/C=C/C(=O)c1ccc(S(=O)(=O)N2CCOCC2)cc1. The Balaban J connectivity index is 1.52. The van der Waals surface area contributed by atoms with Gasteiger partial charge in [-0.15, -0.1) is 0 Å². The first-order valence-corrected chi connectivity index (χ1v) is 11.8. The third-order valence-corrected chi connectivity index (χ3v) is 7.41. The molecule has 3 aromatic rings. The summed E-state index contributed by atoms with van der Waals surface area (Å²) in [6.07, 6.45) is 3.26. The first-order valence-electron chi connectivity index (χ1n) is 10.4. The predicted octanol–water partition coefficient (Wildman–Crippen LogP) is 3.41. The molecule has 2 aromatic carbocycles. The van der Waals surface area contributed by atoms with Crippen molar-refractivity contribution in [2.75, 3.05) is 26.3 Å². The molecular weight excluding hydrogens is 426 g/mol. The van der Waals surface area contributed by atoms with Gasteiger partial charge in [-0.2, -0.15) is 9.40 Å². The Morgan fingerprint density at radius 3 is 2.31 bits per heavy atom. The highest BCUT2D eigenvalue weighted by Gasteiger charge is 2.26. The summed E-state index contributed by atoms with van der Waals surface area (Å²) >= 11 is 0. The second-order valence-electron chi connectivity index (χ2n) is 7.57. The van der Waals surface area contributed by atoms with Crippen molar-refractivity contribution >= 4 is 21.9 Å². The molecule has 1 aromatic heterocycles. The minimum atomic E-state index is -3.58. The average molecular weight is 452 g/mol. The molecule has 4 rings (SSSR count). The Morgan fingerprint density at radius 2 is 1.66 bits per heavy atom. The molecule has 0 atom stereocenters. The molecule has 1 aliphatic rings. The minimum absolute atomic E-state index is 0.177. The molecule has 1 fully saturated rings. The van der Waals surface area contributed by atoms with Crippen LogP contribution in [0.2, 0.25) is 0 Å². The van der Waals surface area contributed by atoms with E-state index in [2.05, 4.69) is 5.10 Å². The maximum atomic E-state index is 12.7. The third-order valence-electron chi connectivity index (χ3n) is 5.50. The van der Waals surface area contributed by atoms with Gasteiger partial charge in [0.05, 0.1) is 29.5 Å². The molecule has 0 bridgehead atoms. The Labute approximate surface area is 188 Å². The Hall–Kier alpha value is -3.07. The van der Waals surface area contributed by atoms with E-state index in [1.807, 2.05) is 48.9 Å². The summed E-state index contributed by atoms with van der Waals surface area (Å²) in [7, 11) is -3.58. The van der Waals surface area contributed by atoms with Crippen LogP contribution in [0.1, 0.15) is 27.3 Å². The first kappa shape index (κ1) is 22.1. The number of aryl methyl sites for hydroxylation is 1. The molecular formula is C24H25N3O4S. The second-order valence-corrected chi connectivity index (χ2v) is 9.51. The van der Waals surface area contributed by atoms with Gasteiger partial charge in [-0.1, -0.05) is 18.2 Å². The van der Waals surface area contributed by atoms with Gasteiger partial charge in [-0.05, 0) is 62.4 Å². The Morgan fingerprint density at radius 1 is 1.00 bits per heavy atom. The lowest BCUT2D eigenvalue weighted by Crippen LogP contribution is -2.40. The molecule has 0 radical (unpaired) electrons. The van der Waals surface area contributed by atoms with Crippen LogP contribution in [0.3, 0.4) is 0 Å².